The monoisotopic (exact) mass is 408 g/mol. The van der Waals surface area contributed by atoms with Crippen molar-refractivity contribution in [3.05, 3.63) is 88.4 Å². The second-order valence-corrected chi connectivity index (χ2v) is 6.76. The van der Waals surface area contributed by atoms with Gasteiger partial charge in [0.25, 0.3) is 11.8 Å². The number of anilines is 1. The number of nitrogens with one attached hydrogen (secondary N) is 2. The molecule has 3 aromatic rings. The van der Waals surface area contributed by atoms with Crippen LogP contribution in [0.3, 0.4) is 0 Å². The molecule has 0 saturated carbocycles. The van der Waals surface area contributed by atoms with Gasteiger partial charge in [-0.2, -0.15) is 0 Å². The van der Waals surface area contributed by atoms with Crippen LogP contribution in [0.25, 0.3) is 0 Å². The smallest absolute Gasteiger partial charge is 0.256 e. The lowest BCUT2D eigenvalue weighted by Crippen LogP contribution is -2.26. The molecule has 6 nitrogen and oxygen atoms in total. The van der Waals surface area contributed by atoms with E-state index < -0.39 is 11.8 Å². The van der Waals surface area contributed by atoms with Crippen LogP contribution in [-0.2, 0) is 6.54 Å². The summed E-state index contributed by atoms with van der Waals surface area (Å²) >= 11 is 6.25. The molecule has 146 valence electrons. The molecule has 0 radical (unpaired) electrons. The summed E-state index contributed by atoms with van der Waals surface area (Å²) in [6, 6.07) is 19.2. The molecule has 0 unspecified atom stereocenters. The molecule has 3 aromatic carbocycles. The minimum Gasteiger partial charge on any atom is -0.454 e. The van der Waals surface area contributed by atoms with Gasteiger partial charge in [-0.3, -0.25) is 9.59 Å². The molecule has 2 amide bonds. The molecule has 4 rings (SSSR count). The van der Waals surface area contributed by atoms with E-state index in [-0.39, 0.29) is 29.5 Å². The number of ether oxygens (including phenoxy) is 2. The van der Waals surface area contributed by atoms with Crippen molar-refractivity contribution in [3.8, 4) is 11.5 Å². The number of carbonyl (C=O) groups is 2. The van der Waals surface area contributed by atoms with Crippen molar-refractivity contribution < 1.29 is 19.1 Å². The van der Waals surface area contributed by atoms with E-state index in [2.05, 4.69) is 10.6 Å². The van der Waals surface area contributed by atoms with Crippen LogP contribution in [-0.4, -0.2) is 18.6 Å². The number of amides is 2. The molecule has 0 bridgehead atoms. The lowest BCUT2D eigenvalue weighted by Gasteiger charge is -2.12. The maximum absolute atomic E-state index is 12.8. The topological polar surface area (TPSA) is 76.7 Å². The molecule has 0 saturated heterocycles. The third-order valence-corrected chi connectivity index (χ3v) is 4.72. The fourth-order valence-electron chi connectivity index (χ4n) is 2.99. The zero-order valence-corrected chi connectivity index (χ0v) is 16.0. The first kappa shape index (κ1) is 18.8. The number of rotatable bonds is 5. The van der Waals surface area contributed by atoms with Gasteiger partial charge in [-0.15, -0.1) is 0 Å². The summed E-state index contributed by atoms with van der Waals surface area (Å²) in [5.74, 6) is 0.460. The van der Waals surface area contributed by atoms with E-state index in [1.807, 2.05) is 24.3 Å². The lowest BCUT2D eigenvalue weighted by molar-refractivity contribution is 0.0938. The first-order valence-corrected chi connectivity index (χ1v) is 9.31. The van der Waals surface area contributed by atoms with Crippen LogP contribution in [0.2, 0.25) is 5.02 Å². The first-order valence-electron chi connectivity index (χ1n) is 8.93. The van der Waals surface area contributed by atoms with Gasteiger partial charge in [0.2, 0.25) is 6.79 Å². The minimum atomic E-state index is -0.438. The maximum atomic E-state index is 12.8. The summed E-state index contributed by atoms with van der Waals surface area (Å²) in [4.78, 5) is 25.5. The molecule has 1 aliphatic heterocycles. The quantitative estimate of drug-likeness (QED) is 0.661. The Hall–Kier alpha value is -3.51. The van der Waals surface area contributed by atoms with Crippen molar-refractivity contribution in [1.29, 1.82) is 0 Å². The maximum Gasteiger partial charge on any atom is 0.256 e. The third-order valence-electron chi connectivity index (χ3n) is 4.41. The van der Waals surface area contributed by atoms with Gasteiger partial charge in [-0.25, -0.2) is 0 Å². The van der Waals surface area contributed by atoms with Gasteiger partial charge in [-0.05, 0) is 42.0 Å². The largest absolute Gasteiger partial charge is 0.454 e. The first-order chi connectivity index (χ1) is 14.1. The van der Waals surface area contributed by atoms with E-state index in [0.29, 0.717) is 17.2 Å². The Morgan fingerprint density at radius 2 is 1.69 bits per heavy atom. The van der Waals surface area contributed by atoms with Gasteiger partial charge in [-0.1, -0.05) is 41.9 Å². The van der Waals surface area contributed by atoms with Crippen LogP contribution in [0.4, 0.5) is 5.69 Å². The van der Waals surface area contributed by atoms with Crippen molar-refractivity contribution in [2.75, 3.05) is 12.1 Å². The Morgan fingerprint density at radius 1 is 0.897 bits per heavy atom. The zero-order chi connectivity index (χ0) is 20.2. The summed E-state index contributed by atoms with van der Waals surface area (Å²) in [5.41, 5.74) is 1.79. The molecule has 1 aliphatic rings. The Balaban J connectivity index is 1.51. The minimum absolute atomic E-state index is 0.128. The van der Waals surface area contributed by atoms with Crippen molar-refractivity contribution >= 4 is 29.1 Å². The molecule has 0 aromatic heterocycles. The zero-order valence-electron chi connectivity index (χ0n) is 15.3. The molecule has 7 heteroatoms. The fraction of sp³-hybridized carbons (Fsp3) is 0.0909. The van der Waals surface area contributed by atoms with Crippen molar-refractivity contribution in [2.24, 2.45) is 0 Å². The van der Waals surface area contributed by atoms with E-state index >= 15 is 0 Å². The molecular formula is C22H17ClN2O4. The molecule has 0 spiro atoms. The second kappa shape index (κ2) is 8.24. The predicted octanol–water partition coefficient (Wildman–Crippen LogP) is 4.25. The molecule has 0 fully saturated rings. The van der Waals surface area contributed by atoms with Crippen LogP contribution < -0.4 is 20.1 Å². The number of hydrogen-bond donors (Lipinski definition) is 2. The average Bonchev–Trinajstić information content (AvgIpc) is 3.20. The van der Waals surface area contributed by atoms with Crippen LogP contribution in [0.1, 0.15) is 26.3 Å². The van der Waals surface area contributed by atoms with Crippen molar-refractivity contribution in [3.63, 3.8) is 0 Å². The van der Waals surface area contributed by atoms with Crippen molar-refractivity contribution in [2.45, 2.75) is 6.54 Å². The summed E-state index contributed by atoms with van der Waals surface area (Å²) in [5, 5.41) is 5.78. The van der Waals surface area contributed by atoms with Crippen molar-refractivity contribution in [1.82, 2.24) is 5.32 Å². The highest BCUT2D eigenvalue weighted by Crippen LogP contribution is 2.32. The highest BCUT2D eigenvalue weighted by molar-refractivity contribution is 6.35. The van der Waals surface area contributed by atoms with E-state index in [1.165, 1.54) is 0 Å². The van der Waals surface area contributed by atoms with Gasteiger partial charge in [0.1, 0.15) is 0 Å². The molecule has 0 atom stereocenters. The highest BCUT2D eigenvalue weighted by Gasteiger charge is 2.21. The second-order valence-electron chi connectivity index (χ2n) is 6.35. The van der Waals surface area contributed by atoms with E-state index in [1.54, 1.807) is 42.5 Å². The number of carbonyl (C=O) groups excluding carboxylic acids is 2. The summed E-state index contributed by atoms with van der Waals surface area (Å²) < 4.78 is 10.6. The van der Waals surface area contributed by atoms with Crippen LogP contribution >= 0.6 is 11.6 Å². The fourth-order valence-corrected chi connectivity index (χ4v) is 3.25. The number of halogens is 1. The molecular weight excluding hydrogens is 392 g/mol. The van der Waals surface area contributed by atoms with Gasteiger partial charge < -0.3 is 20.1 Å². The highest BCUT2D eigenvalue weighted by atomic mass is 35.5. The number of hydrogen-bond acceptors (Lipinski definition) is 4. The normalized spacial score (nSPS) is 11.8. The molecule has 0 aliphatic carbocycles. The molecule has 1 heterocycles. The Kier molecular flexibility index (Phi) is 5.35. The van der Waals surface area contributed by atoms with Gasteiger partial charge in [0, 0.05) is 12.2 Å². The van der Waals surface area contributed by atoms with Crippen LogP contribution in [0, 0.1) is 0 Å². The predicted molar refractivity (Wildman–Crippen MR) is 110 cm³/mol. The summed E-state index contributed by atoms with van der Waals surface area (Å²) in [6.07, 6.45) is 0. The van der Waals surface area contributed by atoms with Gasteiger partial charge in [0.05, 0.1) is 16.1 Å². The van der Waals surface area contributed by atoms with E-state index in [9.17, 15) is 9.59 Å². The van der Waals surface area contributed by atoms with Crippen LogP contribution in [0.5, 0.6) is 11.5 Å². The lowest BCUT2D eigenvalue weighted by atomic mass is 10.1. The van der Waals surface area contributed by atoms with E-state index in [0.717, 1.165) is 5.56 Å². The third kappa shape index (κ3) is 4.17. The average molecular weight is 409 g/mol. The Bertz CT molecular complexity index is 1070. The SMILES string of the molecule is O=C(Nc1ccccc1)c1cccc(Cl)c1C(=O)NCc1ccc2c(c1)OCO2. The number of benzene rings is 3. The number of para-hydroxylation sites is 1. The summed E-state index contributed by atoms with van der Waals surface area (Å²) in [7, 11) is 0. The number of fused-ring (bicyclic) bond motifs is 1. The van der Waals surface area contributed by atoms with Gasteiger partial charge >= 0.3 is 0 Å². The van der Waals surface area contributed by atoms with Crippen LogP contribution in [0.15, 0.2) is 66.7 Å². The summed E-state index contributed by atoms with van der Waals surface area (Å²) in [6.45, 7) is 0.436. The standard InChI is InChI=1S/C22H17ClN2O4/c23-17-8-4-7-16(21(26)25-15-5-2-1-3-6-15)20(17)22(27)24-12-14-9-10-18-19(11-14)29-13-28-18/h1-11H,12-13H2,(H,24,27)(H,25,26). The molecule has 29 heavy (non-hydrogen) atoms. The molecule has 2 N–H and O–H groups in total. The Morgan fingerprint density at radius 3 is 2.52 bits per heavy atom. The van der Waals surface area contributed by atoms with Gasteiger partial charge in [0.15, 0.2) is 11.5 Å². The Labute approximate surface area is 172 Å². The van der Waals surface area contributed by atoms with E-state index in [4.69, 9.17) is 21.1 Å².